The van der Waals surface area contributed by atoms with Gasteiger partial charge in [-0.1, -0.05) is 34.1 Å². The molecular weight excluding hydrogens is 302 g/mol. The summed E-state index contributed by atoms with van der Waals surface area (Å²) in [5, 5.41) is 9.98. The Labute approximate surface area is 112 Å². The van der Waals surface area contributed by atoms with E-state index in [2.05, 4.69) is 15.9 Å². The van der Waals surface area contributed by atoms with Gasteiger partial charge in [0.25, 0.3) is 0 Å². The Balaban J connectivity index is 2.25. The summed E-state index contributed by atoms with van der Waals surface area (Å²) in [6.45, 7) is 0. The molecule has 94 valence electrons. The summed E-state index contributed by atoms with van der Waals surface area (Å²) in [4.78, 5) is 0. The summed E-state index contributed by atoms with van der Waals surface area (Å²) >= 11 is 3.21. The molecule has 18 heavy (non-hydrogen) atoms. The quantitative estimate of drug-likeness (QED) is 0.908. The molecule has 1 atom stereocenters. The number of rotatable bonds is 3. The zero-order valence-electron chi connectivity index (χ0n) is 9.41. The summed E-state index contributed by atoms with van der Waals surface area (Å²) in [5.74, 6) is -0.894. The molecule has 2 rings (SSSR count). The molecule has 0 saturated carbocycles. The lowest BCUT2D eigenvalue weighted by molar-refractivity contribution is 0.172. The Morgan fingerprint density at radius 3 is 2.50 bits per heavy atom. The maximum atomic E-state index is 13.5. The molecule has 0 aromatic heterocycles. The fraction of sp³-hybridized carbons (Fsp3) is 0.143. The van der Waals surface area contributed by atoms with Crippen LogP contribution >= 0.6 is 15.9 Å². The molecule has 0 radical (unpaired) electrons. The van der Waals surface area contributed by atoms with Crippen LogP contribution in [0.25, 0.3) is 0 Å². The molecule has 0 fully saturated rings. The van der Waals surface area contributed by atoms with E-state index in [9.17, 15) is 13.9 Å². The van der Waals surface area contributed by atoms with E-state index >= 15 is 0 Å². The molecule has 0 amide bonds. The Hall–Kier alpha value is -1.26. The van der Waals surface area contributed by atoms with Gasteiger partial charge in [-0.3, -0.25) is 0 Å². The second-order valence-electron chi connectivity index (χ2n) is 3.98. The molecule has 2 aromatic rings. The highest BCUT2D eigenvalue weighted by atomic mass is 79.9. The Morgan fingerprint density at radius 1 is 1.06 bits per heavy atom. The molecule has 0 bridgehead atoms. The maximum Gasteiger partial charge on any atom is 0.129 e. The predicted molar refractivity (Wildman–Crippen MR) is 69.2 cm³/mol. The molecule has 0 saturated heterocycles. The highest BCUT2D eigenvalue weighted by molar-refractivity contribution is 9.10. The summed E-state index contributed by atoms with van der Waals surface area (Å²) in [5.41, 5.74) is 0.525. The lowest BCUT2D eigenvalue weighted by Crippen LogP contribution is -2.05. The van der Waals surface area contributed by atoms with Crippen LogP contribution in [0.3, 0.4) is 0 Å². The van der Waals surface area contributed by atoms with Crippen molar-refractivity contribution in [3.05, 3.63) is 69.7 Å². The van der Waals surface area contributed by atoms with E-state index in [0.717, 1.165) is 0 Å². The molecule has 0 heterocycles. The topological polar surface area (TPSA) is 20.2 Å². The van der Waals surface area contributed by atoms with Gasteiger partial charge in [0.05, 0.1) is 6.10 Å². The highest BCUT2D eigenvalue weighted by Gasteiger charge is 2.15. The van der Waals surface area contributed by atoms with Crippen LogP contribution in [0.2, 0.25) is 0 Å². The van der Waals surface area contributed by atoms with Gasteiger partial charge in [-0.25, -0.2) is 8.78 Å². The van der Waals surface area contributed by atoms with Crippen LogP contribution in [0.5, 0.6) is 0 Å². The monoisotopic (exact) mass is 312 g/mol. The van der Waals surface area contributed by atoms with Gasteiger partial charge < -0.3 is 5.11 Å². The second kappa shape index (κ2) is 5.59. The molecule has 0 aliphatic rings. The maximum absolute atomic E-state index is 13.5. The first-order valence-electron chi connectivity index (χ1n) is 5.44. The van der Waals surface area contributed by atoms with Crippen molar-refractivity contribution in [1.82, 2.24) is 0 Å². The van der Waals surface area contributed by atoms with E-state index in [-0.39, 0.29) is 12.0 Å². The standard InChI is InChI=1S/C14H11BrF2O/c15-10-5-6-13(17)11(8-10)14(18)7-9-3-1-2-4-12(9)16/h1-6,8,14,18H,7H2. The van der Waals surface area contributed by atoms with Crippen molar-refractivity contribution in [2.75, 3.05) is 0 Å². The van der Waals surface area contributed by atoms with Crippen LogP contribution in [-0.4, -0.2) is 5.11 Å². The molecule has 0 spiro atoms. The van der Waals surface area contributed by atoms with Crippen LogP contribution in [0.4, 0.5) is 8.78 Å². The van der Waals surface area contributed by atoms with Crippen molar-refractivity contribution in [3.63, 3.8) is 0 Å². The van der Waals surface area contributed by atoms with E-state index in [1.165, 1.54) is 18.2 Å². The molecule has 2 aromatic carbocycles. The lowest BCUT2D eigenvalue weighted by Gasteiger charge is -2.13. The van der Waals surface area contributed by atoms with E-state index in [1.807, 2.05) is 0 Å². The fourth-order valence-electron chi connectivity index (χ4n) is 1.75. The van der Waals surface area contributed by atoms with Crippen molar-refractivity contribution in [2.45, 2.75) is 12.5 Å². The molecule has 1 nitrogen and oxygen atoms in total. The van der Waals surface area contributed by atoms with Crippen LogP contribution in [0, 0.1) is 11.6 Å². The van der Waals surface area contributed by atoms with Gasteiger partial charge >= 0.3 is 0 Å². The van der Waals surface area contributed by atoms with Gasteiger partial charge in [-0.05, 0) is 29.8 Å². The van der Waals surface area contributed by atoms with Gasteiger partial charge in [0.2, 0.25) is 0 Å². The normalized spacial score (nSPS) is 12.4. The number of hydrogen-bond donors (Lipinski definition) is 1. The number of benzene rings is 2. The van der Waals surface area contributed by atoms with Crippen molar-refractivity contribution >= 4 is 15.9 Å². The summed E-state index contributed by atoms with van der Waals surface area (Å²) in [6, 6.07) is 10.5. The Kier molecular flexibility index (Phi) is 4.09. The zero-order chi connectivity index (χ0) is 13.1. The van der Waals surface area contributed by atoms with Crippen molar-refractivity contribution in [1.29, 1.82) is 0 Å². The van der Waals surface area contributed by atoms with Gasteiger partial charge in [-0.15, -0.1) is 0 Å². The molecule has 4 heteroatoms. The van der Waals surface area contributed by atoms with E-state index in [1.54, 1.807) is 24.3 Å². The van der Waals surface area contributed by atoms with Crippen LogP contribution in [-0.2, 0) is 6.42 Å². The van der Waals surface area contributed by atoms with E-state index in [4.69, 9.17) is 0 Å². The molecule has 0 aliphatic carbocycles. The van der Waals surface area contributed by atoms with Gasteiger partial charge in [0.1, 0.15) is 11.6 Å². The molecule has 1 N–H and O–H groups in total. The first kappa shape index (κ1) is 13.2. The summed E-state index contributed by atoms with van der Waals surface area (Å²) < 4.78 is 27.7. The summed E-state index contributed by atoms with van der Waals surface area (Å²) in [6.07, 6.45) is -1.03. The van der Waals surface area contributed by atoms with E-state index < -0.39 is 17.7 Å². The molecular formula is C14H11BrF2O. The van der Waals surface area contributed by atoms with Crippen molar-refractivity contribution < 1.29 is 13.9 Å². The average Bonchev–Trinajstić information content (AvgIpc) is 2.35. The highest BCUT2D eigenvalue weighted by Crippen LogP contribution is 2.25. The Bertz CT molecular complexity index is 557. The third-order valence-corrected chi connectivity index (χ3v) is 3.18. The van der Waals surface area contributed by atoms with Crippen molar-refractivity contribution in [3.8, 4) is 0 Å². The number of aliphatic hydroxyl groups is 1. The number of hydrogen-bond acceptors (Lipinski definition) is 1. The predicted octanol–water partition coefficient (Wildman–Crippen LogP) is 4.00. The zero-order valence-corrected chi connectivity index (χ0v) is 11.0. The van der Waals surface area contributed by atoms with Gasteiger partial charge in [0.15, 0.2) is 0 Å². The number of halogens is 3. The first-order valence-corrected chi connectivity index (χ1v) is 6.23. The number of aliphatic hydroxyl groups excluding tert-OH is 1. The van der Waals surface area contributed by atoms with Gasteiger partial charge in [0, 0.05) is 16.5 Å². The molecule has 1 unspecified atom stereocenters. The second-order valence-corrected chi connectivity index (χ2v) is 4.89. The van der Waals surface area contributed by atoms with Crippen LogP contribution in [0.15, 0.2) is 46.9 Å². The summed E-state index contributed by atoms with van der Waals surface area (Å²) in [7, 11) is 0. The van der Waals surface area contributed by atoms with Crippen LogP contribution < -0.4 is 0 Å². The Morgan fingerprint density at radius 2 is 1.78 bits per heavy atom. The minimum atomic E-state index is -1.07. The minimum absolute atomic E-state index is 0.0417. The van der Waals surface area contributed by atoms with Gasteiger partial charge in [-0.2, -0.15) is 0 Å². The molecule has 0 aliphatic heterocycles. The third kappa shape index (κ3) is 2.94. The lowest BCUT2D eigenvalue weighted by atomic mass is 10.0. The van der Waals surface area contributed by atoms with Crippen LogP contribution in [0.1, 0.15) is 17.2 Å². The fourth-order valence-corrected chi connectivity index (χ4v) is 2.13. The third-order valence-electron chi connectivity index (χ3n) is 2.69. The minimum Gasteiger partial charge on any atom is -0.388 e. The first-order chi connectivity index (χ1) is 8.58. The largest absolute Gasteiger partial charge is 0.388 e. The van der Waals surface area contributed by atoms with Crippen molar-refractivity contribution in [2.24, 2.45) is 0 Å². The van der Waals surface area contributed by atoms with E-state index in [0.29, 0.717) is 10.0 Å². The average molecular weight is 313 g/mol. The smallest absolute Gasteiger partial charge is 0.129 e. The SMILES string of the molecule is OC(Cc1ccccc1F)c1cc(Br)ccc1F.